The van der Waals surface area contributed by atoms with Crippen molar-refractivity contribution in [2.24, 2.45) is 5.92 Å². The molecule has 0 aromatic heterocycles. The molecule has 0 aromatic rings. The van der Waals surface area contributed by atoms with Crippen LogP contribution in [0.15, 0.2) is 12.2 Å². The summed E-state index contributed by atoms with van der Waals surface area (Å²) in [5, 5.41) is 3.34. The van der Waals surface area contributed by atoms with Crippen molar-refractivity contribution in [3.05, 3.63) is 12.2 Å². The second kappa shape index (κ2) is 6.68. The van der Waals surface area contributed by atoms with Crippen LogP contribution in [0.25, 0.3) is 0 Å². The maximum atomic E-state index is 11.3. The van der Waals surface area contributed by atoms with Crippen molar-refractivity contribution in [1.29, 1.82) is 0 Å². The molecule has 0 aromatic carbocycles. The highest BCUT2D eigenvalue weighted by Crippen LogP contribution is 2.22. The summed E-state index contributed by atoms with van der Waals surface area (Å²) in [4.78, 5) is 2.44. The smallest absolute Gasteiger partial charge is 0.150 e. The van der Waals surface area contributed by atoms with E-state index in [0.29, 0.717) is 17.4 Å². The van der Waals surface area contributed by atoms with Gasteiger partial charge in [-0.05, 0) is 25.2 Å². The van der Waals surface area contributed by atoms with E-state index in [1.807, 2.05) is 0 Å². The van der Waals surface area contributed by atoms with Crippen LogP contribution in [0.3, 0.4) is 0 Å². The SMILES string of the molecule is O=S1(=O)CCC(C/C=C\CN2CCNCC2)CC1. The zero-order valence-electron chi connectivity index (χ0n) is 11.0. The number of rotatable bonds is 4. The lowest BCUT2D eigenvalue weighted by atomic mass is 9.99. The summed E-state index contributed by atoms with van der Waals surface area (Å²) in [7, 11) is -2.70. The van der Waals surface area contributed by atoms with E-state index < -0.39 is 9.84 Å². The van der Waals surface area contributed by atoms with Gasteiger partial charge in [-0.1, -0.05) is 12.2 Å². The van der Waals surface area contributed by atoms with E-state index in [9.17, 15) is 8.42 Å². The number of nitrogens with one attached hydrogen (secondary N) is 1. The number of hydrogen-bond donors (Lipinski definition) is 1. The summed E-state index contributed by atoms with van der Waals surface area (Å²) < 4.78 is 22.6. The largest absolute Gasteiger partial charge is 0.314 e. The summed E-state index contributed by atoms with van der Waals surface area (Å²) in [6.07, 6.45) is 7.22. The Labute approximate surface area is 110 Å². The van der Waals surface area contributed by atoms with Crippen molar-refractivity contribution < 1.29 is 8.42 Å². The molecule has 104 valence electrons. The standard InChI is InChI=1S/C13H24N2O2S/c16-18(17)11-4-13(5-12-18)3-1-2-8-15-9-6-14-7-10-15/h1-2,13-14H,3-12H2/b2-1-. The summed E-state index contributed by atoms with van der Waals surface area (Å²) in [5.74, 6) is 1.36. The van der Waals surface area contributed by atoms with Crippen molar-refractivity contribution in [2.45, 2.75) is 19.3 Å². The maximum absolute atomic E-state index is 11.3. The van der Waals surface area contributed by atoms with E-state index in [0.717, 1.165) is 52.0 Å². The molecule has 5 heteroatoms. The first-order valence-electron chi connectivity index (χ1n) is 6.94. The molecule has 0 bridgehead atoms. The monoisotopic (exact) mass is 272 g/mol. The molecule has 0 radical (unpaired) electrons. The number of hydrogen-bond acceptors (Lipinski definition) is 4. The van der Waals surface area contributed by atoms with Gasteiger partial charge < -0.3 is 5.32 Å². The number of piperazine rings is 1. The Balaban J connectivity index is 1.62. The average molecular weight is 272 g/mol. The van der Waals surface area contributed by atoms with Gasteiger partial charge in [0.2, 0.25) is 0 Å². The van der Waals surface area contributed by atoms with Crippen LogP contribution >= 0.6 is 0 Å². The van der Waals surface area contributed by atoms with Crippen molar-refractivity contribution >= 4 is 9.84 Å². The Morgan fingerprint density at radius 1 is 1.11 bits per heavy atom. The maximum Gasteiger partial charge on any atom is 0.150 e. The molecule has 0 unspecified atom stereocenters. The molecule has 2 heterocycles. The lowest BCUT2D eigenvalue weighted by Crippen LogP contribution is -2.43. The summed E-state index contributed by atoms with van der Waals surface area (Å²) in [6.45, 7) is 5.48. The van der Waals surface area contributed by atoms with Crippen molar-refractivity contribution in [1.82, 2.24) is 10.2 Å². The van der Waals surface area contributed by atoms with Crippen LogP contribution in [0, 0.1) is 5.92 Å². The minimum atomic E-state index is -2.70. The van der Waals surface area contributed by atoms with Crippen molar-refractivity contribution in [3.8, 4) is 0 Å². The first kappa shape index (κ1) is 14.0. The molecule has 0 saturated carbocycles. The Morgan fingerprint density at radius 2 is 1.78 bits per heavy atom. The molecule has 4 nitrogen and oxygen atoms in total. The second-order valence-corrected chi connectivity index (χ2v) is 7.66. The van der Waals surface area contributed by atoms with Gasteiger partial charge in [-0.15, -0.1) is 0 Å². The van der Waals surface area contributed by atoms with Crippen molar-refractivity contribution in [3.63, 3.8) is 0 Å². The lowest BCUT2D eigenvalue weighted by molar-refractivity contribution is 0.264. The first-order chi connectivity index (χ1) is 8.66. The molecule has 0 spiro atoms. The van der Waals surface area contributed by atoms with Crippen LogP contribution in [-0.4, -0.2) is 57.5 Å². The molecule has 18 heavy (non-hydrogen) atoms. The highest BCUT2D eigenvalue weighted by atomic mass is 32.2. The Morgan fingerprint density at radius 3 is 2.44 bits per heavy atom. The molecule has 2 fully saturated rings. The number of nitrogens with zero attached hydrogens (tertiary/aromatic N) is 1. The van der Waals surface area contributed by atoms with Gasteiger partial charge in [0.05, 0.1) is 11.5 Å². The number of allylic oxidation sites excluding steroid dienone is 1. The third-order valence-electron chi connectivity index (χ3n) is 3.88. The van der Waals surface area contributed by atoms with E-state index >= 15 is 0 Å². The highest BCUT2D eigenvalue weighted by Gasteiger charge is 2.22. The molecule has 1 N–H and O–H groups in total. The number of sulfone groups is 1. The van der Waals surface area contributed by atoms with Gasteiger partial charge in [-0.25, -0.2) is 8.42 Å². The third kappa shape index (κ3) is 4.71. The quantitative estimate of drug-likeness (QED) is 0.764. The fourth-order valence-electron chi connectivity index (χ4n) is 2.58. The van der Waals surface area contributed by atoms with E-state index in [2.05, 4.69) is 22.4 Å². The van der Waals surface area contributed by atoms with Crippen LogP contribution in [0.4, 0.5) is 0 Å². The summed E-state index contributed by atoms with van der Waals surface area (Å²) >= 11 is 0. The second-order valence-electron chi connectivity index (χ2n) is 5.35. The van der Waals surface area contributed by atoms with E-state index in [1.54, 1.807) is 0 Å². The molecule has 0 aliphatic carbocycles. The zero-order chi connectivity index (χ0) is 12.8. The Hall–Kier alpha value is -0.390. The zero-order valence-corrected chi connectivity index (χ0v) is 11.8. The summed E-state index contributed by atoms with van der Waals surface area (Å²) in [6, 6.07) is 0. The average Bonchev–Trinajstić information content (AvgIpc) is 2.37. The first-order valence-corrected chi connectivity index (χ1v) is 8.76. The van der Waals surface area contributed by atoms with Crippen molar-refractivity contribution in [2.75, 3.05) is 44.2 Å². The lowest BCUT2D eigenvalue weighted by Gasteiger charge is -2.26. The van der Waals surface area contributed by atoms with Crippen LogP contribution in [0.1, 0.15) is 19.3 Å². The minimum Gasteiger partial charge on any atom is -0.314 e. The molecule has 2 rings (SSSR count). The van der Waals surface area contributed by atoms with E-state index in [-0.39, 0.29) is 0 Å². The van der Waals surface area contributed by atoms with Gasteiger partial charge in [0.1, 0.15) is 9.84 Å². The van der Waals surface area contributed by atoms with Gasteiger partial charge in [0.25, 0.3) is 0 Å². The predicted octanol–water partition coefficient (Wildman–Crippen LogP) is 0.663. The van der Waals surface area contributed by atoms with Gasteiger partial charge in [-0.3, -0.25) is 4.90 Å². The van der Waals surface area contributed by atoms with Gasteiger partial charge in [0.15, 0.2) is 0 Å². The topological polar surface area (TPSA) is 49.4 Å². The van der Waals surface area contributed by atoms with Gasteiger partial charge in [0, 0.05) is 32.7 Å². The van der Waals surface area contributed by atoms with Crippen LogP contribution in [0.5, 0.6) is 0 Å². The Bertz CT molecular complexity index is 358. The minimum absolute atomic E-state index is 0.392. The van der Waals surface area contributed by atoms with Gasteiger partial charge in [-0.2, -0.15) is 0 Å². The van der Waals surface area contributed by atoms with Crippen LogP contribution in [0.2, 0.25) is 0 Å². The summed E-state index contributed by atoms with van der Waals surface area (Å²) in [5.41, 5.74) is 0. The third-order valence-corrected chi connectivity index (χ3v) is 5.60. The molecule has 2 saturated heterocycles. The van der Waals surface area contributed by atoms with Gasteiger partial charge >= 0.3 is 0 Å². The predicted molar refractivity (Wildman–Crippen MR) is 74.4 cm³/mol. The molecule has 2 aliphatic heterocycles. The highest BCUT2D eigenvalue weighted by molar-refractivity contribution is 7.91. The fourth-order valence-corrected chi connectivity index (χ4v) is 4.17. The molecular weight excluding hydrogens is 248 g/mol. The molecular formula is C13H24N2O2S. The molecule has 0 atom stereocenters. The van der Waals surface area contributed by atoms with Crippen LogP contribution in [-0.2, 0) is 9.84 Å². The normalized spacial score (nSPS) is 26.7. The van der Waals surface area contributed by atoms with E-state index in [4.69, 9.17) is 0 Å². The van der Waals surface area contributed by atoms with Crippen LogP contribution < -0.4 is 5.32 Å². The fraction of sp³-hybridized carbons (Fsp3) is 0.846. The van der Waals surface area contributed by atoms with E-state index in [1.165, 1.54) is 0 Å². The molecule has 0 amide bonds. The molecule has 2 aliphatic rings. The Kier molecular flexibility index (Phi) is 5.21.